The maximum absolute atomic E-state index is 13.2. The van der Waals surface area contributed by atoms with E-state index in [4.69, 9.17) is 4.74 Å². The minimum absolute atomic E-state index is 0.0676. The largest absolute Gasteiger partial charge is 0.497 e. The summed E-state index contributed by atoms with van der Waals surface area (Å²) in [6.45, 7) is 2.25. The Kier molecular flexibility index (Phi) is 7.27. The van der Waals surface area contributed by atoms with E-state index in [0.29, 0.717) is 44.6 Å². The number of anilines is 1. The Balaban J connectivity index is 1.28. The highest BCUT2D eigenvalue weighted by Crippen LogP contribution is 2.26. The summed E-state index contributed by atoms with van der Waals surface area (Å²) in [7, 11) is 1.60. The molecule has 3 amide bonds. The van der Waals surface area contributed by atoms with Gasteiger partial charge in [-0.25, -0.2) is 4.79 Å². The molecule has 4 rings (SSSR count). The van der Waals surface area contributed by atoms with Gasteiger partial charge in [0.1, 0.15) is 5.75 Å². The smallest absolute Gasteiger partial charge is 0.321 e. The summed E-state index contributed by atoms with van der Waals surface area (Å²) in [6.07, 6.45) is 2.94. The fraction of sp³-hybridized carbons (Fsp3) is 0.423. The molecule has 2 aliphatic heterocycles. The van der Waals surface area contributed by atoms with Crippen LogP contribution in [0.5, 0.6) is 5.75 Å². The van der Waals surface area contributed by atoms with Crippen molar-refractivity contribution in [2.45, 2.75) is 25.7 Å². The number of ketones is 1. The Bertz CT molecular complexity index is 969. The SMILES string of the molecule is COc1ccc(C(=O)C2CCN(C(=O)C3CCCN(C(=O)Nc4ccccc4)C3)CC2)cc1. The molecule has 0 spiro atoms. The number of para-hydroxylation sites is 1. The standard InChI is InChI=1S/C26H31N3O4/c1-33-23-11-9-19(10-12-23)24(30)20-13-16-28(17-14-20)25(31)21-6-5-15-29(18-21)26(32)27-22-7-3-2-4-8-22/h2-4,7-12,20-21H,5-6,13-18H2,1H3,(H,27,32). The lowest BCUT2D eigenvalue weighted by atomic mass is 9.88. The number of hydrogen-bond donors (Lipinski definition) is 1. The summed E-state index contributed by atoms with van der Waals surface area (Å²) >= 11 is 0. The molecular formula is C26H31N3O4. The van der Waals surface area contributed by atoms with Crippen LogP contribution in [0.1, 0.15) is 36.0 Å². The predicted molar refractivity (Wildman–Crippen MR) is 126 cm³/mol. The summed E-state index contributed by atoms with van der Waals surface area (Å²) in [5, 5.41) is 2.91. The van der Waals surface area contributed by atoms with Crippen LogP contribution in [0.2, 0.25) is 0 Å². The van der Waals surface area contributed by atoms with Crippen LogP contribution in [0, 0.1) is 11.8 Å². The summed E-state index contributed by atoms with van der Waals surface area (Å²) in [5.74, 6) is 0.704. The molecule has 2 fully saturated rings. The molecule has 1 atom stereocenters. The lowest BCUT2D eigenvalue weighted by molar-refractivity contribution is -0.138. The fourth-order valence-electron chi connectivity index (χ4n) is 4.70. The molecule has 7 nitrogen and oxygen atoms in total. The van der Waals surface area contributed by atoms with Crippen molar-refractivity contribution in [1.82, 2.24) is 9.80 Å². The van der Waals surface area contributed by atoms with Crippen LogP contribution in [-0.4, -0.2) is 60.8 Å². The molecule has 2 heterocycles. The van der Waals surface area contributed by atoms with Gasteiger partial charge in [0.15, 0.2) is 5.78 Å². The highest BCUT2D eigenvalue weighted by atomic mass is 16.5. The van der Waals surface area contributed by atoms with Crippen LogP contribution in [0.15, 0.2) is 54.6 Å². The third-order valence-electron chi connectivity index (χ3n) is 6.63. The Morgan fingerprint density at radius 2 is 1.55 bits per heavy atom. The highest BCUT2D eigenvalue weighted by Gasteiger charge is 2.34. The van der Waals surface area contributed by atoms with Gasteiger partial charge in [-0.3, -0.25) is 9.59 Å². The van der Waals surface area contributed by atoms with Gasteiger partial charge in [0, 0.05) is 43.3 Å². The molecule has 2 aromatic rings. The number of carbonyl (C=O) groups is 3. The molecular weight excluding hydrogens is 418 g/mol. The zero-order chi connectivity index (χ0) is 23.2. The van der Waals surface area contributed by atoms with Crippen LogP contribution in [0.25, 0.3) is 0 Å². The number of nitrogens with zero attached hydrogens (tertiary/aromatic N) is 2. The van der Waals surface area contributed by atoms with Gasteiger partial charge in [0.2, 0.25) is 5.91 Å². The predicted octanol–water partition coefficient (Wildman–Crippen LogP) is 4.06. The molecule has 0 aliphatic carbocycles. The first-order valence-corrected chi connectivity index (χ1v) is 11.6. The molecule has 0 saturated carbocycles. The molecule has 7 heteroatoms. The Hall–Kier alpha value is -3.35. The van der Waals surface area contributed by atoms with Crippen molar-refractivity contribution in [3.8, 4) is 5.75 Å². The molecule has 1 unspecified atom stereocenters. The second kappa shape index (κ2) is 10.5. The first-order chi connectivity index (χ1) is 16.0. The Morgan fingerprint density at radius 1 is 0.848 bits per heavy atom. The molecule has 0 bridgehead atoms. The van der Waals surface area contributed by atoms with Crippen molar-refractivity contribution >= 4 is 23.4 Å². The van der Waals surface area contributed by atoms with Gasteiger partial charge in [-0.05, 0) is 62.1 Å². The lowest BCUT2D eigenvalue weighted by Gasteiger charge is -2.37. The van der Waals surface area contributed by atoms with E-state index in [-0.39, 0.29) is 29.6 Å². The van der Waals surface area contributed by atoms with Gasteiger partial charge in [0.25, 0.3) is 0 Å². The molecule has 1 N–H and O–H groups in total. The van der Waals surface area contributed by atoms with E-state index in [9.17, 15) is 14.4 Å². The zero-order valence-electron chi connectivity index (χ0n) is 19.0. The number of Topliss-reactive ketones (excluding diaryl/α,β-unsaturated/α-hetero) is 1. The maximum atomic E-state index is 13.2. The van der Waals surface area contributed by atoms with Gasteiger partial charge in [0.05, 0.1) is 13.0 Å². The summed E-state index contributed by atoms with van der Waals surface area (Å²) in [4.78, 5) is 42.3. The zero-order valence-corrected chi connectivity index (χ0v) is 19.0. The summed E-state index contributed by atoms with van der Waals surface area (Å²) in [6, 6.07) is 16.4. The fourth-order valence-corrected chi connectivity index (χ4v) is 4.70. The first-order valence-electron chi connectivity index (χ1n) is 11.6. The minimum atomic E-state index is -0.186. The van der Waals surface area contributed by atoms with E-state index in [1.807, 2.05) is 35.2 Å². The van der Waals surface area contributed by atoms with Crippen molar-refractivity contribution in [2.24, 2.45) is 11.8 Å². The van der Waals surface area contributed by atoms with Crippen molar-refractivity contribution in [2.75, 3.05) is 38.6 Å². The van der Waals surface area contributed by atoms with E-state index in [2.05, 4.69) is 5.32 Å². The number of carbonyl (C=O) groups excluding carboxylic acids is 3. The quantitative estimate of drug-likeness (QED) is 0.698. The minimum Gasteiger partial charge on any atom is -0.497 e. The number of benzene rings is 2. The van der Waals surface area contributed by atoms with Crippen molar-refractivity contribution < 1.29 is 19.1 Å². The van der Waals surface area contributed by atoms with Gasteiger partial charge in [-0.1, -0.05) is 18.2 Å². The number of amides is 3. The van der Waals surface area contributed by atoms with E-state index in [1.54, 1.807) is 36.3 Å². The molecule has 174 valence electrons. The van der Waals surface area contributed by atoms with E-state index < -0.39 is 0 Å². The average Bonchev–Trinajstić information content (AvgIpc) is 2.88. The van der Waals surface area contributed by atoms with Gasteiger partial charge < -0.3 is 19.9 Å². The van der Waals surface area contributed by atoms with Gasteiger partial charge in [-0.2, -0.15) is 0 Å². The normalized spacial score (nSPS) is 19.1. The number of likely N-dealkylation sites (tertiary alicyclic amines) is 2. The van der Waals surface area contributed by atoms with Gasteiger partial charge >= 0.3 is 6.03 Å². The van der Waals surface area contributed by atoms with Crippen LogP contribution in [0.4, 0.5) is 10.5 Å². The molecule has 0 radical (unpaired) electrons. The number of hydrogen-bond acceptors (Lipinski definition) is 4. The second-order valence-electron chi connectivity index (χ2n) is 8.77. The third kappa shape index (κ3) is 5.53. The van der Waals surface area contributed by atoms with Crippen molar-refractivity contribution in [3.05, 3.63) is 60.2 Å². The van der Waals surface area contributed by atoms with E-state index in [1.165, 1.54) is 0 Å². The van der Waals surface area contributed by atoms with Gasteiger partial charge in [-0.15, -0.1) is 0 Å². The maximum Gasteiger partial charge on any atom is 0.321 e. The molecule has 2 aromatic carbocycles. The van der Waals surface area contributed by atoms with Crippen molar-refractivity contribution in [1.29, 1.82) is 0 Å². The number of piperidine rings is 2. The molecule has 0 aromatic heterocycles. The van der Waals surface area contributed by atoms with E-state index >= 15 is 0 Å². The molecule has 33 heavy (non-hydrogen) atoms. The number of nitrogens with one attached hydrogen (secondary N) is 1. The van der Waals surface area contributed by atoms with E-state index in [0.717, 1.165) is 24.3 Å². The number of methoxy groups -OCH3 is 1. The number of ether oxygens (including phenoxy) is 1. The molecule has 2 saturated heterocycles. The average molecular weight is 450 g/mol. The summed E-state index contributed by atoms with van der Waals surface area (Å²) < 4.78 is 5.16. The molecule has 2 aliphatic rings. The first kappa shape index (κ1) is 22.8. The summed E-state index contributed by atoms with van der Waals surface area (Å²) in [5.41, 5.74) is 1.44. The Morgan fingerprint density at radius 3 is 2.21 bits per heavy atom. The van der Waals surface area contributed by atoms with Crippen molar-refractivity contribution in [3.63, 3.8) is 0 Å². The number of urea groups is 1. The van der Waals surface area contributed by atoms with Crippen LogP contribution in [0.3, 0.4) is 0 Å². The second-order valence-corrected chi connectivity index (χ2v) is 8.77. The lowest BCUT2D eigenvalue weighted by Crippen LogP contribution is -2.49. The van der Waals surface area contributed by atoms with Crippen LogP contribution in [-0.2, 0) is 4.79 Å². The number of rotatable bonds is 5. The third-order valence-corrected chi connectivity index (χ3v) is 6.63. The van der Waals surface area contributed by atoms with Crippen LogP contribution < -0.4 is 10.1 Å². The topological polar surface area (TPSA) is 79.0 Å². The monoisotopic (exact) mass is 449 g/mol. The highest BCUT2D eigenvalue weighted by molar-refractivity contribution is 5.98. The Labute approximate surface area is 194 Å². The van der Waals surface area contributed by atoms with Crippen LogP contribution >= 0.6 is 0 Å².